The highest BCUT2D eigenvalue weighted by atomic mass is 32.2. The summed E-state index contributed by atoms with van der Waals surface area (Å²) in [5, 5.41) is 11.3. The van der Waals surface area contributed by atoms with Crippen LogP contribution >= 0.6 is 0 Å². The van der Waals surface area contributed by atoms with Gasteiger partial charge in [-0.25, -0.2) is 8.42 Å². The van der Waals surface area contributed by atoms with Gasteiger partial charge in [-0.3, -0.25) is 0 Å². The lowest BCUT2D eigenvalue weighted by atomic mass is 9.89. The molecule has 10 nitrogen and oxygen atoms in total. The third kappa shape index (κ3) is 9.55. The summed E-state index contributed by atoms with van der Waals surface area (Å²) in [5.74, 6) is 0.942. The molecule has 2 heterocycles. The standard InChI is InChI=1S/C35H55N5O5S2/c1-36(2)33-15-17-35(18-16-33)46(42,43)39-23-9-21-37(27-30-11-5-3-6-12-30)22-10-24-40(29-34(41)28-39)47(44,45)38-25-19-32(20-26-38)31-13-7-4-8-14-31/h4,7-8,13-18,30,32,34,41H,3,5-6,9-12,19-29H2,1-2H3. The quantitative estimate of drug-likeness (QED) is 0.443. The molecule has 1 aliphatic carbocycles. The van der Waals surface area contributed by atoms with Gasteiger partial charge in [0.25, 0.3) is 10.2 Å². The minimum Gasteiger partial charge on any atom is -0.390 e. The van der Waals surface area contributed by atoms with Crippen molar-refractivity contribution in [2.24, 2.45) is 5.92 Å². The highest BCUT2D eigenvalue weighted by Crippen LogP contribution is 2.30. The SMILES string of the molecule is CN(C)c1ccc(S(=O)(=O)N2CCCN(CC3CCCCC3)CCCN(S(=O)(=O)N3CCC(c4ccccc4)CC3)CC(O)C2)cc1. The maximum absolute atomic E-state index is 14.1. The fraction of sp³-hybridized carbons (Fsp3) is 0.657. The van der Waals surface area contributed by atoms with Crippen LogP contribution in [0.1, 0.15) is 69.3 Å². The van der Waals surface area contributed by atoms with E-state index in [9.17, 15) is 21.9 Å². The van der Waals surface area contributed by atoms with Gasteiger partial charge in [0.1, 0.15) is 0 Å². The highest BCUT2D eigenvalue weighted by Gasteiger charge is 2.36. The molecule has 2 saturated heterocycles. The average molecular weight is 690 g/mol. The second kappa shape index (κ2) is 16.6. The van der Waals surface area contributed by atoms with E-state index in [0.717, 1.165) is 38.2 Å². The Labute approximate surface area is 283 Å². The Morgan fingerprint density at radius 2 is 1.28 bits per heavy atom. The summed E-state index contributed by atoms with van der Waals surface area (Å²) in [4.78, 5) is 4.50. The van der Waals surface area contributed by atoms with Crippen LogP contribution in [-0.4, -0.2) is 119 Å². The molecule has 0 aromatic heterocycles. The Hall–Kier alpha value is -2.06. The van der Waals surface area contributed by atoms with Gasteiger partial charge < -0.3 is 14.9 Å². The first-order valence-electron chi connectivity index (χ1n) is 17.5. The van der Waals surface area contributed by atoms with E-state index in [-0.39, 0.29) is 31.1 Å². The van der Waals surface area contributed by atoms with Crippen molar-refractivity contribution < 1.29 is 21.9 Å². The van der Waals surface area contributed by atoms with Gasteiger partial charge in [0.15, 0.2) is 0 Å². The van der Waals surface area contributed by atoms with E-state index >= 15 is 0 Å². The van der Waals surface area contributed by atoms with Crippen molar-refractivity contribution in [2.45, 2.75) is 74.7 Å². The largest absolute Gasteiger partial charge is 0.390 e. The fourth-order valence-corrected chi connectivity index (χ4v) is 10.7. The van der Waals surface area contributed by atoms with E-state index in [1.807, 2.05) is 37.2 Å². The number of sulfonamides is 1. The van der Waals surface area contributed by atoms with E-state index in [0.29, 0.717) is 37.8 Å². The monoisotopic (exact) mass is 689 g/mol. The first-order chi connectivity index (χ1) is 22.5. The normalized spacial score (nSPS) is 23.6. The number of rotatable bonds is 8. The van der Waals surface area contributed by atoms with E-state index in [1.54, 1.807) is 28.6 Å². The van der Waals surface area contributed by atoms with Crippen molar-refractivity contribution in [1.29, 1.82) is 0 Å². The summed E-state index contributed by atoms with van der Waals surface area (Å²) in [6.45, 7) is 3.52. The molecule has 5 rings (SSSR count). The number of piperidine rings is 1. The predicted molar refractivity (Wildman–Crippen MR) is 188 cm³/mol. The van der Waals surface area contributed by atoms with Crippen molar-refractivity contribution >= 4 is 25.9 Å². The molecule has 12 heteroatoms. The molecule has 0 amide bonds. The van der Waals surface area contributed by atoms with Gasteiger partial charge in [0.2, 0.25) is 10.0 Å². The Morgan fingerprint density at radius 3 is 1.89 bits per heavy atom. The van der Waals surface area contributed by atoms with Crippen molar-refractivity contribution in [3.05, 3.63) is 60.2 Å². The number of nitrogens with zero attached hydrogens (tertiary/aromatic N) is 5. The number of hydrogen-bond donors (Lipinski definition) is 1. The molecular weight excluding hydrogens is 635 g/mol. The van der Waals surface area contributed by atoms with E-state index in [4.69, 9.17) is 0 Å². The molecule has 47 heavy (non-hydrogen) atoms. The van der Waals surface area contributed by atoms with Gasteiger partial charge >= 0.3 is 0 Å². The third-order valence-electron chi connectivity index (χ3n) is 10.2. The van der Waals surface area contributed by atoms with Crippen LogP contribution in [0.4, 0.5) is 5.69 Å². The number of aliphatic hydroxyl groups is 1. The van der Waals surface area contributed by atoms with Crippen LogP contribution in [0.2, 0.25) is 0 Å². The second-order valence-electron chi connectivity index (χ2n) is 13.9. The molecule has 1 saturated carbocycles. The molecular formula is C35H55N5O5S2. The topological polar surface area (TPSA) is 105 Å². The van der Waals surface area contributed by atoms with Gasteiger partial charge in [-0.15, -0.1) is 0 Å². The second-order valence-corrected chi connectivity index (χ2v) is 17.7. The van der Waals surface area contributed by atoms with Crippen LogP contribution in [0.5, 0.6) is 0 Å². The van der Waals surface area contributed by atoms with Crippen molar-refractivity contribution in [1.82, 2.24) is 17.8 Å². The van der Waals surface area contributed by atoms with Crippen LogP contribution < -0.4 is 4.90 Å². The molecule has 2 aliphatic heterocycles. The first-order valence-corrected chi connectivity index (χ1v) is 20.4. The van der Waals surface area contributed by atoms with Crippen LogP contribution in [0, 0.1) is 5.92 Å². The number of hydrogen-bond acceptors (Lipinski definition) is 7. The Kier molecular flexibility index (Phi) is 12.8. The average Bonchev–Trinajstić information content (AvgIpc) is 3.07. The number of β-amino-alcohol motifs (C(OH)–C–C–N with tert-alkyl or cyclic N) is 1. The molecule has 1 unspecified atom stereocenters. The predicted octanol–water partition coefficient (Wildman–Crippen LogP) is 4.21. The summed E-state index contributed by atoms with van der Waals surface area (Å²) in [6, 6.07) is 17.0. The molecule has 2 aromatic rings. The van der Waals surface area contributed by atoms with E-state index in [2.05, 4.69) is 17.0 Å². The zero-order valence-corrected chi connectivity index (χ0v) is 29.9. The minimum atomic E-state index is -3.92. The maximum Gasteiger partial charge on any atom is 0.282 e. The summed E-state index contributed by atoms with van der Waals surface area (Å²) in [5.41, 5.74) is 2.13. The van der Waals surface area contributed by atoms with E-state index in [1.165, 1.54) is 46.3 Å². The van der Waals surface area contributed by atoms with Gasteiger partial charge in [0.05, 0.1) is 11.0 Å². The lowest BCUT2D eigenvalue weighted by molar-refractivity contribution is 0.110. The van der Waals surface area contributed by atoms with Crippen LogP contribution in [0.3, 0.4) is 0 Å². The van der Waals surface area contributed by atoms with Crippen LogP contribution in [0.25, 0.3) is 0 Å². The number of aliphatic hydroxyl groups excluding tert-OH is 1. The molecule has 3 fully saturated rings. The van der Waals surface area contributed by atoms with Gasteiger partial charge in [-0.1, -0.05) is 49.6 Å². The van der Waals surface area contributed by atoms with Crippen molar-refractivity contribution in [2.75, 3.05) is 77.9 Å². The molecule has 0 spiro atoms. The van der Waals surface area contributed by atoms with Gasteiger partial charge in [-0.2, -0.15) is 21.3 Å². The molecule has 262 valence electrons. The highest BCUT2D eigenvalue weighted by molar-refractivity contribution is 7.89. The molecule has 2 aromatic carbocycles. The molecule has 3 aliphatic rings. The van der Waals surface area contributed by atoms with Crippen LogP contribution in [-0.2, 0) is 20.2 Å². The Balaban J connectivity index is 1.34. The Bertz CT molecular complexity index is 1460. The Morgan fingerprint density at radius 1 is 0.681 bits per heavy atom. The molecule has 0 radical (unpaired) electrons. The summed E-state index contributed by atoms with van der Waals surface area (Å²) < 4.78 is 60.5. The smallest absolute Gasteiger partial charge is 0.282 e. The molecule has 1 N–H and O–H groups in total. The first kappa shape index (κ1) is 36.2. The van der Waals surface area contributed by atoms with E-state index < -0.39 is 26.3 Å². The lowest BCUT2D eigenvalue weighted by Crippen LogP contribution is -2.51. The third-order valence-corrected chi connectivity index (χ3v) is 14.1. The number of anilines is 1. The van der Waals surface area contributed by atoms with Crippen molar-refractivity contribution in [3.63, 3.8) is 0 Å². The molecule has 0 bridgehead atoms. The van der Waals surface area contributed by atoms with Gasteiger partial charge in [0, 0.05) is 65.6 Å². The molecule has 1 atom stereocenters. The van der Waals surface area contributed by atoms with Gasteiger partial charge in [-0.05, 0) is 93.3 Å². The van der Waals surface area contributed by atoms with Crippen LogP contribution in [0.15, 0.2) is 59.5 Å². The number of benzene rings is 2. The summed E-state index contributed by atoms with van der Waals surface area (Å²) in [7, 11) is -3.97. The minimum absolute atomic E-state index is 0.144. The lowest BCUT2D eigenvalue weighted by Gasteiger charge is -2.37. The maximum atomic E-state index is 14.1. The summed E-state index contributed by atoms with van der Waals surface area (Å²) in [6.07, 6.45) is 7.85. The summed E-state index contributed by atoms with van der Waals surface area (Å²) >= 11 is 0. The van der Waals surface area contributed by atoms with Crippen molar-refractivity contribution in [3.8, 4) is 0 Å². The zero-order valence-electron chi connectivity index (χ0n) is 28.3. The zero-order chi connectivity index (χ0) is 33.4. The fourth-order valence-electron chi connectivity index (χ4n) is 7.48.